The third kappa shape index (κ3) is 19.6. The third-order valence-electron chi connectivity index (χ3n) is 15.5. The molecule has 2 fully saturated rings. The second-order valence-corrected chi connectivity index (χ2v) is 22.8. The number of phenols is 1. The number of likely N-dealkylation sites (N-methyl/N-ethyl adjacent to an activating group) is 1. The largest absolute Gasteiger partial charge is 0.508 e. The summed E-state index contributed by atoms with van der Waals surface area (Å²) in [5, 5.41) is 46.1. The van der Waals surface area contributed by atoms with Crippen molar-refractivity contribution in [3.05, 3.63) is 120 Å². The number of amides is 10. The van der Waals surface area contributed by atoms with Gasteiger partial charge in [0, 0.05) is 80.7 Å². The molecule has 2 aromatic heterocycles. The second-order valence-electron chi connectivity index (χ2n) is 22.8. The molecule has 2 aliphatic rings. The van der Waals surface area contributed by atoms with Crippen molar-refractivity contribution in [2.75, 3.05) is 26.2 Å². The van der Waals surface area contributed by atoms with Crippen molar-refractivity contribution in [3.63, 3.8) is 0 Å². The van der Waals surface area contributed by atoms with Crippen LogP contribution in [0.25, 0.3) is 10.9 Å². The number of benzene rings is 3. The molecule has 28 nitrogen and oxygen atoms in total. The second kappa shape index (κ2) is 32.9. The molecule has 0 radical (unpaired) electrons. The molecule has 10 amide bonds. The van der Waals surface area contributed by atoms with Crippen LogP contribution in [0.5, 0.6) is 5.75 Å². The molecule has 90 heavy (non-hydrogen) atoms. The van der Waals surface area contributed by atoms with Crippen LogP contribution in [0.2, 0.25) is 0 Å². The molecule has 9 atom stereocenters. The van der Waals surface area contributed by atoms with Gasteiger partial charge in [-0.15, -0.1) is 0 Å². The molecule has 3 aromatic carbocycles. The van der Waals surface area contributed by atoms with Gasteiger partial charge in [0.25, 0.3) is 0 Å². The van der Waals surface area contributed by atoms with Gasteiger partial charge >= 0.3 is 0 Å². The summed E-state index contributed by atoms with van der Waals surface area (Å²) in [6.07, 6.45) is 5.52. The minimum Gasteiger partial charge on any atom is -0.508 e. The number of rotatable bonds is 32. The molecule has 482 valence electrons. The molecule has 0 saturated carbocycles. The zero-order valence-corrected chi connectivity index (χ0v) is 50.6. The molecule has 17 N–H and O–H groups in total. The van der Waals surface area contributed by atoms with Gasteiger partial charge in [0.1, 0.15) is 60.1 Å². The Kier molecular flexibility index (Phi) is 24.7. The highest BCUT2D eigenvalue weighted by molar-refractivity contribution is 5.99. The SMILES string of the molecule is CCNC(=O)[C@@H]1CCCN1C(=O)[C@H](CCCN=C(N)N)NC(=O)[C@H](CC(C)C)NC(=O)[C@@H](Cc1ccccc1)NC(=O)[C@H](Cc1ccc(O)cc1)NC(=O)[C@H](CO)NC(=O)[C@@H](Cc1c[nH]c2ccccc12)NC(=O)[C@H](Cc1cnc[nH]1)NC(=O)[C@@H]1CCC(=O)N1. The summed E-state index contributed by atoms with van der Waals surface area (Å²) in [5.74, 6) is -7.51. The summed E-state index contributed by atoms with van der Waals surface area (Å²) in [6, 6.07) is 9.96. The predicted octanol–water partition coefficient (Wildman–Crippen LogP) is -1.24. The number of likely N-dealkylation sites (tertiary alicyclic amines) is 1. The van der Waals surface area contributed by atoms with Crippen LogP contribution in [-0.4, -0.2) is 176 Å². The van der Waals surface area contributed by atoms with Crippen molar-refractivity contribution in [1.29, 1.82) is 0 Å². The van der Waals surface area contributed by atoms with E-state index in [1.54, 1.807) is 61.7 Å². The highest BCUT2D eigenvalue weighted by Crippen LogP contribution is 2.22. The number of hydrogen-bond acceptors (Lipinski definition) is 14. The number of aromatic amines is 2. The lowest BCUT2D eigenvalue weighted by atomic mass is 9.99. The first kappa shape index (κ1) is 67.6. The third-order valence-corrected chi connectivity index (χ3v) is 15.5. The van der Waals surface area contributed by atoms with Crippen LogP contribution in [-0.2, 0) is 73.6 Å². The topological polar surface area (TPSA) is 432 Å². The number of nitrogens with two attached hydrogens (primary N) is 2. The molecular weight excluding hydrogens is 1160 g/mol. The van der Waals surface area contributed by atoms with Crippen molar-refractivity contribution in [1.82, 2.24) is 67.7 Å². The van der Waals surface area contributed by atoms with Gasteiger partial charge in [-0.25, -0.2) is 4.98 Å². The van der Waals surface area contributed by atoms with E-state index < -0.39 is 108 Å². The molecule has 28 heteroatoms. The van der Waals surface area contributed by atoms with Gasteiger partial charge in [0.15, 0.2) is 5.96 Å². The molecule has 0 spiro atoms. The molecular formula is C62H82N16O12. The lowest BCUT2D eigenvalue weighted by Gasteiger charge is -2.30. The number of imidazole rings is 1. The molecule has 2 saturated heterocycles. The van der Waals surface area contributed by atoms with Crippen LogP contribution in [0.1, 0.15) is 88.1 Å². The number of para-hydroxylation sites is 1. The van der Waals surface area contributed by atoms with E-state index in [1.165, 1.54) is 41.7 Å². The normalized spacial score (nSPS) is 16.9. The molecule has 0 unspecified atom stereocenters. The molecule has 4 heterocycles. The van der Waals surface area contributed by atoms with Gasteiger partial charge in [-0.3, -0.25) is 52.9 Å². The van der Waals surface area contributed by atoms with Crippen LogP contribution in [0.4, 0.5) is 0 Å². The number of fused-ring (bicyclic) bond motifs is 1. The van der Waals surface area contributed by atoms with Gasteiger partial charge in [-0.1, -0.05) is 74.5 Å². The van der Waals surface area contributed by atoms with Crippen LogP contribution in [0.15, 0.2) is 103 Å². The van der Waals surface area contributed by atoms with E-state index in [4.69, 9.17) is 11.5 Å². The number of phenolic OH excluding ortho intramolecular Hbond substituents is 1. The van der Waals surface area contributed by atoms with E-state index >= 15 is 0 Å². The minimum atomic E-state index is -1.77. The highest BCUT2D eigenvalue weighted by atomic mass is 16.3. The lowest BCUT2D eigenvalue weighted by molar-refractivity contribution is -0.142. The highest BCUT2D eigenvalue weighted by Gasteiger charge is 2.40. The first-order valence-electron chi connectivity index (χ1n) is 30.2. The van der Waals surface area contributed by atoms with Gasteiger partial charge in [-0.05, 0) is 86.3 Å². The van der Waals surface area contributed by atoms with Crippen LogP contribution >= 0.6 is 0 Å². The summed E-state index contributed by atoms with van der Waals surface area (Å²) in [6.45, 7) is 5.16. The molecule has 5 aromatic rings. The van der Waals surface area contributed by atoms with Gasteiger partial charge in [-0.2, -0.15) is 0 Å². The Bertz CT molecular complexity index is 3320. The van der Waals surface area contributed by atoms with Crippen molar-refractivity contribution in [2.24, 2.45) is 22.4 Å². The van der Waals surface area contributed by atoms with E-state index in [-0.39, 0.29) is 100 Å². The van der Waals surface area contributed by atoms with Crippen molar-refractivity contribution in [2.45, 2.75) is 146 Å². The average molecular weight is 1240 g/mol. The lowest BCUT2D eigenvalue weighted by Crippen LogP contribution is -2.61. The number of hydrogen-bond donors (Lipinski definition) is 15. The summed E-state index contributed by atoms with van der Waals surface area (Å²) in [7, 11) is 0. The molecule has 0 aliphatic carbocycles. The van der Waals surface area contributed by atoms with Gasteiger partial charge in [0.2, 0.25) is 59.1 Å². The molecule has 0 bridgehead atoms. The Morgan fingerprint density at radius 3 is 1.86 bits per heavy atom. The van der Waals surface area contributed by atoms with Gasteiger partial charge in [0.05, 0.1) is 12.9 Å². The Morgan fingerprint density at radius 1 is 0.678 bits per heavy atom. The van der Waals surface area contributed by atoms with E-state index in [1.807, 2.05) is 19.9 Å². The number of aliphatic imine (C=N–C) groups is 1. The number of carbonyl (C=O) groups excluding carboxylic acids is 10. The van der Waals surface area contributed by atoms with Crippen molar-refractivity contribution in [3.8, 4) is 5.75 Å². The van der Waals surface area contributed by atoms with E-state index in [0.717, 1.165) is 0 Å². The molecule has 2 aliphatic heterocycles. The average Bonchev–Trinajstić information content (AvgIpc) is 1.92. The molecule has 7 rings (SSSR count). The summed E-state index contributed by atoms with van der Waals surface area (Å²) in [5.41, 5.74) is 13.9. The summed E-state index contributed by atoms with van der Waals surface area (Å²) in [4.78, 5) is 156. The Balaban J connectivity index is 1.13. The monoisotopic (exact) mass is 1240 g/mol. The number of guanidine groups is 1. The maximum Gasteiger partial charge on any atom is 0.245 e. The van der Waals surface area contributed by atoms with Crippen LogP contribution < -0.4 is 59.3 Å². The quantitative estimate of drug-likeness (QED) is 0.0136. The number of H-pyrrole nitrogens is 2. The van der Waals surface area contributed by atoms with Gasteiger partial charge < -0.3 is 84.4 Å². The maximum absolute atomic E-state index is 14.9. The fourth-order valence-electron chi connectivity index (χ4n) is 10.9. The Morgan fingerprint density at radius 2 is 1.26 bits per heavy atom. The number of nitrogens with zero attached hydrogens (tertiary/aromatic N) is 3. The number of nitrogens with one attached hydrogen (secondary N) is 11. The zero-order valence-electron chi connectivity index (χ0n) is 50.6. The predicted molar refractivity (Wildman–Crippen MR) is 331 cm³/mol. The standard InChI is InChI=1S/C62H82N16O12/c1-4-66-60(89)51-17-11-25-78(51)61(90)44(16-10-24-67-62(63)64)71-54(83)45(26-35(2)3)72-55(84)46(27-36-12-6-5-7-13-36)73-56(85)47(28-37-18-20-40(80)21-19-37)74-59(88)50(33-79)77-57(86)48(29-38-31-68-42-15-9-8-14-41(38)42)75-58(87)49(30-39-32-65-34-69-39)76-53(82)43-22-23-52(81)70-43/h5-9,12-15,18-21,31-32,34-35,43-51,68,79-80H,4,10-11,16-17,22-30,33H2,1-3H3,(H,65,69)(H,66,89)(H,70,81)(H,71,83)(H,72,84)(H,73,85)(H,74,88)(H,75,87)(H,76,82)(H,77,86)(H4,63,64,67)/t43-,44-,45-,46+,47-,48+,49-,50-,51-/m0/s1. The Labute approximate surface area is 520 Å². The van der Waals surface area contributed by atoms with Crippen molar-refractivity contribution >= 4 is 75.9 Å². The fraction of sp³-hybridized carbons (Fsp3) is 0.452. The first-order chi connectivity index (χ1) is 43.2. The van der Waals surface area contributed by atoms with E-state index in [2.05, 4.69) is 67.8 Å². The zero-order chi connectivity index (χ0) is 64.9. The maximum atomic E-state index is 14.9. The number of aliphatic hydroxyl groups excluding tert-OH is 1. The summed E-state index contributed by atoms with van der Waals surface area (Å²) >= 11 is 0. The first-order valence-corrected chi connectivity index (χ1v) is 30.2. The number of aromatic hydroxyl groups is 1. The number of carbonyl (C=O) groups is 10. The minimum absolute atomic E-state index is 0.0742. The van der Waals surface area contributed by atoms with Crippen molar-refractivity contribution < 1.29 is 58.2 Å². The van der Waals surface area contributed by atoms with E-state index in [9.17, 15) is 58.2 Å². The van der Waals surface area contributed by atoms with E-state index in [0.29, 0.717) is 52.7 Å². The van der Waals surface area contributed by atoms with Crippen LogP contribution in [0, 0.1) is 5.92 Å². The summed E-state index contributed by atoms with van der Waals surface area (Å²) < 4.78 is 0. The number of aromatic nitrogens is 3. The number of aliphatic hydroxyl groups is 1. The van der Waals surface area contributed by atoms with Crippen LogP contribution in [0.3, 0.4) is 0 Å². The fourth-order valence-corrected chi connectivity index (χ4v) is 10.9. The smallest absolute Gasteiger partial charge is 0.245 e. The Hall–Kier alpha value is -9.86.